The van der Waals surface area contributed by atoms with Gasteiger partial charge in [0, 0.05) is 50.1 Å². The second kappa shape index (κ2) is 10.4. The molecule has 0 aliphatic carbocycles. The lowest BCUT2D eigenvalue weighted by atomic mass is 9.82. The van der Waals surface area contributed by atoms with Crippen LogP contribution in [0.3, 0.4) is 0 Å². The fourth-order valence-electron chi connectivity index (χ4n) is 5.19. The number of benzene rings is 2. The van der Waals surface area contributed by atoms with Gasteiger partial charge in [-0.3, -0.25) is 5.10 Å². The van der Waals surface area contributed by atoms with Gasteiger partial charge in [-0.1, -0.05) is 61.5 Å². The van der Waals surface area contributed by atoms with Crippen molar-refractivity contribution in [2.75, 3.05) is 39.4 Å². The molecule has 0 saturated carbocycles. The van der Waals surface area contributed by atoms with Crippen molar-refractivity contribution in [2.24, 2.45) is 0 Å². The van der Waals surface area contributed by atoms with Gasteiger partial charge in [-0.2, -0.15) is 5.10 Å². The van der Waals surface area contributed by atoms with E-state index in [0.717, 1.165) is 37.2 Å². The van der Waals surface area contributed by atoms with Gasteiger partial charge in [0.25, 0.3) is 0 Å². The van der Waals surface area contributed by atoms with Crippen molar-refractivity contribution >= 4 is 6.03 Å². The van der Waals surface area contributed by atoms with E-state index in [2.05, 4.69) is 66.6 Å². The molecule has 0 spiro atoms. The molecule has 0 bridgehead atoms. The summed E-state index contributed by atoms with van der Waals surface area (Å²) in [5, 5.41) is 7.95. The molecule has 34 heavy (non-hydrogen) atoms. The molecule has 6 nitrogen and oxygen atoms in total. The molecule has 2 unspecified atom stereocenters. The van der Waals surface area contributed by atoms with Crippen molar-refractivity contribution in [1.29, 1.82) is 0 Å². The quantitative estimate of drug-likeness (QED) is 0.608. The van der Waals surface area contributed by atoms with Crippen LogP contribution in [0.15, 0.2) is 60.7 Å². The van der Waals surface area contributed by atoms with Crippen molar-refractivity contribution < 1.29 is 9.53 Å². The van der Waals surface area contributed by atoms with Gasteiger partial charge in [0.1, 0.15) is 0 Å². The molecule has 5 rings (SSSR count). The molecule has 2 saturated heterocycles. The molecular formula is C28H34N4O2. The minimum Gasteiger partial charge on any atom is -0.378 e. The number of nitrogens with zero attached hydrogens (tertiary/aromatic N) is 3. The van der Waals surface area contributed by atoms with E-state index in [4.69, 9.17) is 9.84 Å². The number of ether oxygens (including phenoxy) is 1. The zero-order valence-corrected chi connectivity index (χ0v) is 20.0. The summed E-state index contributed by atoms with van der Waals surface area (Å²) in [5.74, 6) is 0.499. The summed E-state index contributed by atoms with van der Waals surface area (Å²) in [5.41, 5.74) is 6.08. The Morgan fingerprint density at radius 3 is 2.44 bits per heavy atom. The molecule has 2 aliphatic rings. The van der Waals surface area contributed by atoms with E-state index in [9.17, 15) is 4.79 Å². The Hall–Kier alpha value is -3.12. The minimum atomic E-state index is 0.128. The van der Waals surface area contributed by atoms with Crippen LogP contribution in [0.1, 0.15) is 53.3 Å². The summed E-state index contributed by atoms with van der Waals surface area (Å²) in [6, 6.07) is 21.7. The second-order valence-corrected chi connectivity index (χ2v) is 9.49. The average molecular weight is 459 g/mol. The number of nitrogens with one attached hydrogen (secondary N) is 1. The van der Waals surface area contributed by atoms with Crippen LogP contribution in [0.2, 0.25) is 0 Å². The highest BCUT2D eigenvalue weighted by molar-refractivity contribution is 5.75. The monoisotopic (exact) mass is 458 g/mol. The summed E-state index contributed by atoms with van der Waals surface area (Å²) in [4.78, 5) is 17.4. The number of hydrogen-bond donors (Lipinski definition) is 1. The number of carbonyl (C=O) groups excluding carboxylic acids is 1. The van der Waals surface area contributed by atoms with Crippen LogP contribution in [0, 0.1) is 0 Å². The van der Waals surface area contributed by atoms with Crippen LogP contribution in [-0.4, -0.2) is 65.4 Å². The first-order chi connectivity index (χ1) is 16.7. The molecule has 2 aromatic carbocycles. The smallest absolute Gasteiger partial charge is 0.320 e. The van der Waals surface area contributed by atoms with Gasteiger partial charge in [-0.15, -0.1) is 0 Å². The predicted octanol–water partition coefficient (Wildman–Crippen LogP) is 4.59. The topological polar surface area (TPSA) is 61.5 Å². The summed E-state index contributed by atoms with van der Waals surface area (Å²) < 4.78 is 5.46. The van der Waals surface area contributed by atoms with E-state index >= 15 is 0 Å². The van der Waals surface area contributed by atoms with Gasteiger partial charge in [0.15, 0.2) is 0 Å². The maximum absolute atomic E-state index is 13.4. The highest BCUT2D eigenvalue weighted by Gasteiger charge is 2.35. The number of rotatable bonds is 5. The van der Waals surface area contributed by atoms with Crippen molar-refractivity contribution in [3.8, 4) is 0 Å². The van der Waals surface area contributed by atoms with Gasteiger partial charge in [0.2, 0.25) is 0 Å². The average Bonchev–Trinajstić information content (AvgIpc) is 3.37. The lowest BCUT2D eigenvalue weighted by Crippen LogP contribution is -2.52. The highest BCUT2D eigenvalue weighted by Crippen LogP contribution is 2.36. The number of carbonyl (C=O) groups is 1. The maximum Gasteiger partial charge on any atom is 0.320 e. The number of likely N-dealkylation sites (tertiary alicyclic amines) is 1. The van der Waals surface area contributed by atoms with E-state index < -0.39 is 0 Å². The first-order valence-corrected chi connectivity index (χ1v) is 12.5. The molecule has 2 fully saturated rings. The van der Waals surface area contributed by atoms with Crippen molar-refractivity contribution in [2.45, 2.75) is 38.0 Å². The number of piperidine rings is 1. The van der Waals surface area contributed by atoms with Crippen LogP contribution in [-0.2, 0) is 17.6 Å². The Morgan fingerprint density at radius 2 is 1.71 bits per heavy atom. The number of H-pyrrole nitrogens is 1. The number of amides is 2. The van der Waals surface area contributed by atoms with Crippen LogP contribution >= 0.6 is 0 Å². The molecule has 6 heteroatoms. The number of morpholine rings is 1. The van der Waals surface area contributed by atoms with Gasteiger partial charge in [-0.25, -0.2) is 4.79 Å². The van der Waals surface area contributed by atoms with Gasteiger partial charge in [0.05, 0.1) is 18.9 Å². The first-order valence-electron chi connectivity index (χ1n) is 12.5. The molecule has 0 radical (unpaired) electrons. The third kappa shape index (κ3) is 5.17. The van der Waals surface area contributed by atoms with Crippen LogP contribution < -0.4 is 0 Å². The summed E-state index contributed by atoms with van der Waals surface area (Å²) in [6.07, 6.45) is 2.86. The molecule has 178 valence electrons. The highest BCUT2D eigenvalue weighted by atomic mass is 16.5. The Morgan fingerprint density at radius 1 is 0.971 bits per heavy atom. The third-order valence-corrected chi connectivity index (χ3v) is 7.17. The van der Waals surface area contributed by atoms with E-state index in [-0.39, 0.29) is 11.9 Å². The fraction of sp³-hybridized carbons (Fsp3) is 0.429. The zero-order valence-electron chi connectivity index (χ0n) is 20.0. The Bertz CT molecular complexity index is 1070. The number of aromatic nitrogens is 2. The lowest BCUT2D eigenvalue weighted by Gasteiger charge is -2.40. The SMILES string of the molecule is CCc1ccc(C2CC(c3cc(Cc4ccccc4)[nH]n3)CN(C(=O)N3CCOCC3)C2)cc1. The molecular weight excluding hydrogens is 424 g/mol. The first kappa shape index (κ1) is 22.7. The molecule has 2 aliphatic heterocycles. The van der Waals surface area contributed by atoms with Gasteiger partial charge in [-0.05, 0) is 35.6 Å². The number of aryl methyl sites for hydroxylation is 1. The molecule has 3 aromatic rings. The standard InChI is InChI=1S/C28H34N4O2/c1-2-21-8-10-23(11-9-21)24-17-25(20-32(19-24)28(33)31-12-14-34-15-13-31)27-18-26(29-30-27)16-22-6-4-3-5-7-22/h3-11,18,24-25H,2,12-17,19-20H2,1H3,(H,29,30). The van der Waals surface area contributed by atoms with E-state index in [1.807, 2.05) is 15.9 Å². The molecule has 2 atom stereocenters. The largest absolute Gasteiger partial charge is 0.378 e. The second-order valence-electron chi connectivity index (χ2n) is 9.49. The molecule has 3 heterocycles. The van der Waals surface area contributed by atoms with Crippen molar-refractivity contribution in [3.05, 3.63) is 88.7 Å². The number of aromatic amines is 1. The van der Waals surface area contributed by atoms with Gasteiger partial charge < -0.3 is 14.5 Å². The number of urea groups is 1. The third-order valence-electron chi connectivity index (χ3n) is 7.17. The Balaban J connectivity index is 1.37. The molecule has 1 aromatic heterocycles. The minimum absolute atomic E-state index is 0.128. The van der Waals surface area contributed by atoms with Crippen molar-refractivity contribution in [3.63, 3.8) is 0 Å². The summed E-state index contributed by atoms with van der Waals surface area (Å²) in [7, 11) is 0. The summed E-state index contributed by atoms with van der Waals surface area (Å²) in [6.45, 7) is 6.20. The molecule has 1 N–H and O–H groups in total. The normalized spacial score (nSPS) is 21.0. The Kier molecular flexibility index (Phi) is 6.95. The lowest BCUT2D eigenvalue weighted by molar-refractivity contribution is 0.0398. The number of hydrogen-bond acceptors (Lipinski definition) is 3. The predicted molar refractivity (Wildman–Crippen MR) is 133 cm³/mol. The Labute approximate surface area is 201 Å². The van der Waals surface area contributed by atoms with Crippen LogP contribution in [0.4, 0.5) is 4.79 Å². The van der Waals surface area contributed by atoms with Crippen LogP contribution in [0.25, 0.3) is 0 Å². The molecule has 2 amide bonds. The van der Waals surface area contributed by atoms with E-state index in [0.29, 0.717) is 38.8 Å². The van der Waals surface area contributed by atoms with Crippen molar-refractivity contribution in [1.82, 2.24) is 20.0 Å². The van der Waals surface area contributed by atoms with E-state index in [1.54, 1.807) is 0 Å². The zero-order chi connectivity index (χ0) is 23.3. The summed E-state index contributed by atoms with van der Waals surface area (Å²) >= 11 is 0. The maximum atomic E-state index is 13.4. The van der Waals surface area contributed by atoms with E-state index in [1.165, 1.54) is 16.7 Å². The van der Waals surface area contributed by atoms with Gasteiger partial charge >= 0.3 is 6.03 Å². The fourth-order valence-corrected chi connectivity index (χ4v) is 5.19. The van der Waals surface area contributed by atoms with Crippen LogP contribution in [0.5, 0.6) is 0 Å².